The van der Waals surface area contributed by atoms with Crippen LogP contribution in [0.3, 0.4) is 0 Å². The summed E-state index contributed by atoms with van der Waals surface area (Å²) in [4.78, 5) is 29.8. The first-order valence-electron chi connectivity index (χ1n) is 7.81. The Hall–Kier alpha value is -1.86. The molecule has 0 aliphatic carbocycles. The fraction of sp³-hybridized carbons (Fsp3) is 0.438. The standard InChI is InChI=1S/C16H22N4O2S/c1-3-19(4-2)9-10-20-15(22)12-7-5-6-8-13(12)18-16(20)23-11-14(17)21/h5-8H,3-4,9-11H2,1-2H3,(H2,17,21)/p+1. The van der Waals surface area contributed by atoms with Crippen molar-refractivity contribution in [1.82, 2.24) is 9.55 Å². The predicted octanol–water partition coefficient (Wildman–Crippen LogP) is -0.101. The first-order chi connectivity index (χ1) is 11.1. The van der Waals surface area contributed by atoms with E-state index >= 15 is 0 Å². The molecule has 7 heteroatoms. The van der Waals surface area contributed by atoms with Gasteiger partial charge in [-0.2, -0.15) is 0 Å². The van der Waals surface area contributed by atoms with Gasteiger partial charge >= 0.3 is 0 Å². The molecule has 2 aromatic rings. The molecule has 1 aromatic heterocycles. The van der Waals surface area contributed by atoms with Gasteiger partial charge in [-0.15, -0.1) is 0 Å². The summed E-state index contributed by atoms with van der Waals surface area (Å²) in [6.07, 6.45) is 0. The number of nitrogens with two attached hydrogens (primary N) is 1. The second-order valence-corrected chi connectivity index (χ2v) is 6.27. The Morgan fingerprint density at radius 1 is 1.30 bits per heavy atom. The molecular formula is C16H23N4O2S+. The van der Waals surface area contributed by atoms with Crippen LogP contribution in [-0.4, -0.2) is 40.8 Å². The van der Waals surface area contributed by atoms with Crippen LogP contribution in [0.25, 0.3) is 10.9 Å². The molecule has 1 heterocycles. The number of carbonyl (C=O) groups excluding carboxylic acids is 1. The van der Waals surface area contributed by atoms with Gasteiger partial charge in [0.2, 0.25) is 5.91 Å². The van der Waals surface area contributed by atoms with Crippen LogP contribution >= 0.6 is 11.8 Å². The SMILES string of the molecule is CC[NH+](CC)CCn1c(SCC(N)=O)nc2ccccc2c1=O. The maximum Gasteiger partial charge on any atom is 0.262 e. The molecule has 0 aliphatic rings. The Morgan fingerprint density at radius 2 is 2.00 bits per heavy atom. The highest BCUT2D eigenvalue weighted by Gasteiger charge is 2.14. The quantitative estimate of drug-likeness (QED) is 0.521. The Labute approximate surface area is 139 Å². The van der Waals surface area contributed by atoms with Crippen molar-refractivity contribution in [3.05, 3.63) is 34.6 Å². The van der Waals surface area contributed by atoms with E-state index in [-0.39, 0.29) is 11.3 Å². The number of benzene rings is 1. The maximum atomic E-state index is 12.8. The molecule has 0 aliphatic heterocycles. The number of carbonyl (C=O) groups is 1. The average Bonchev–Trinajstić information content (AvgIpc) is 2.55. The van der Waals surface area contributed by atoms with E-state index in [2.05, 4.69) is 18.8 Å². The van der Waals surface area contributed by atoms with Gasteiger partial charge in [0.25, 0.3) is 5.56 Å². The zero-order chi connectivity index (χ0) is 16.8. The predicted molar refractivity (Wildman–Crippen MR) is 92.8 cm³/mol. The lowest BCUT2D eigenvalue weighted by Gasteiger charge is -2.18. The lowest BCUT2D eigenvalue weighted by Crippen LogP contribution is -3.11. The molecule has 1 aromatic carbocycles. The molecule has 0 saturated heterocycles. The molecule has 1 amide bonds. The minimum absolute atomic E-state index is 0.0610. The smallest absolute Gasteiger partial charge is 0.262 e. The number of amides is 1. The molecular weight excluding hydrogens is 312 g/mol. The highest BCUT2D eigenvalue weighted by molar-refractivity contribution is 7.99. The Morgan fingerprint density at radius 3 is 2.65 bits per heavy atom. The summed E-state index contributed by atoms with van der Waals surface area (Å²) in [5.41, 5.74) is 5.82. The molecule has 0 radical (unpaired) electrons. The van der Waals surface area contributed by atoms with Crippen molar-refractivity contribution in [3.8, 4) is 0 Å². The van der Waals surface area contributed by atoms with Crippen molar-refractivity contribution >= 4 is 28.6 Å². The maximum absolute atomic E-state index is 12.8. The van der Waals surface area contributed by atoms with Gasteiger partial charge in [0.05, 0.1) is 42.8 Å². The average molecular weight is 335 g/mol. The van der Waals surface area contributed by atoms with E-state index in [4.69, 9.17) is 5.73 Å². The van der Waals surface area contributed by atoms with Gasteiger partial charge in [-0.25, -0.2) is 4.98 Å². The number of fused-ring (bicyclic) bond motifs is 1. The Bertz CT molecular complexity index is 740. The highest BCUT2D eigenvalue weighted by Crippen LogP contribution is 2.17. The molecule has 0 saturated carbocycles. The van der Waals surface area contributed by atoms with E-state index in [9.17, 15) is 9.59 Å². The Balaban J connectivity index is 2.40. The van der Waals surface area contributed by atoms with Gasteiger partial charge in [-0.3, -0.25) is 14.2 Å². The number of rotatable bonds is 8. The van der Waals surface area contributed by atoms with Gasteiger partial charge in [0.15, 0.2) is 5.16 Å². The van der Waals surface area contributed by atoms with E-state index in [1.54, 1.807) is 10.6 Å². The molecule has 2 rings (SSSR count). The fourth-order valence-corrected chi connectivity index (χ4v) is 3.23. The third kappa shape index (κ3) is 4.33. The number of likely N-dealkylation sites (N-methyl/N-ethyl adjacent to an activating group) is 1. The van der Waals surface area contributed by atoms with Crippen molar-refractivity contribution in [3.63, 3.8) is 0 Å². The number of primary amides is 1. The van der Waals surface area contributed by atoms with E-state index in [0.717, 1.165) is 19.6 Å². The second kappa shape index (κ2) is 8.12. The van der Waals surface area contributed by atoms with Gasteiger partial charge in [-0.05, 0) is 26.0 Å². The number of nitrogens with one attached hydrogen (secondary N) is 1. The van der Waals surface area contributed by atoms with E-state index in [1.807, 2.05) is 18.2 Å². The summed E-state index contributed by atoms with van der Waals surface area (Å²) in [6.45, 7) is 7.70. The van der Waals surface area contributed by atoms with E-state index in [0.29, 0.717) is 22.6 Å². The van der Waals surface area contributed by atoms with Crippen LogP contribution in [0.15, 0.2) is 34.2 Å². The minimum atomic E-state index is -0.418. The summed E-state index contributed by atoms with van der Waals surface area (Å²) in [5.74, 6) is -0.304. The van der Waals surface area contributed by atoms with E-state index < -0.39 is 5.91 Å². The van der Waals surface area contributed by atoms with Crippen molar-refractivity contribution in [2.24, 2.45) is 5.73 Å². The summed E-state index contributed by atoms with van der Waals surface area (Å²) in [5, 5.41) is 1.16. The molecule has 124 valence electrons. The zero-order valence-electron chi connectivity index (χ0n) is 13.5. The molecule has 23 heavy (non-hydrogen) atoms. The van der Waals surface area contributed by atoms with Crippen LogP contribution in [0.4, 0.5) is 0 Å². The molecule has 0 fully saturated rings. The van der Waals surface area contributed by atoms with Crippen molar-refractivity contribution in [1.29, 1.82) is 0 Å². The van der Waals surface area contributed by atoms with Gasteiger partial charge in [0.1, 0.15) is 0 Å². The second-order valence-electron chi connectivity index (χ2n) is 5.33. The van der Waals surface area contributed by atoms with Crippen molar-refractivity contribution < 1.29 is 9.69 Å². The molecule has 0 bridgehead atoms. The van der Waals surface area contributed by atoms with Gasteiger partial charge in [0, 0.05) is 0 Å². The van der Waals surface area contributed by atoms with Gasteiger partial charge < -0.3 is 10.6 Å². The van der Waals surface area contributed by atoms with Gasteiger partial charge in [-0.1, -0.05) is 23.9 Å². The van der Waals surface area contributed by atoms with Crippen LogP contribution < -0.4 is 16.2 Å². The number of hydrogen-bond donors (Lipinski definition) is 2. The molecule has 0 unspecified atom stereocenters. The Kier molecular flexibility index (Phi) is 6.18. The van der Waals surface area contributed by atoms with Crippen LogP contribution in [-0.2, 0) is 11.3 Å². The summed E-state index contributed by atoms with van der Waals surface area (Å²) in [7, 11) is 0. The normalized spacial score (nSPS) is 11.3. The largest absolute Gasteiger partial charge is 0.369 e. The number of nitrogens with zero attached hydrogens (tertiary/aromatic N) is 2. The number of aromatic nitrogens is 2. The van der Waals surface area contributed by atoms with Crippen LogP contribution in [0, 0.1) is 0 Å². The lowest BCUT2D eigenvalue weighted by molar-refractivity contribution is -0.897. The number of quaternary nitrogens is 1. The first-order valence-corrected chi connectivity index (χ1v) is 8.79. The number of para-hydroxylation sites is 1. The molecule has 6 nitrogen and oxygen atoms in total. The highest BCUT2D eigenvalue weighted by atomic mass is 32.2. The third-order valence-electron chi connectivity index (χ3n) is 3.86. The summed E-state index contributed by atoms with van der Waals surface area (Å²) >= 11 is 1.22. The summed E-state index contributed by atoms with van der Waals surface area (Å²) in [6, 6.07) is 7.28. The molecule has 0 spiro atoms. The topological polar surface area (TPSA) is 82.4 Å². The fourth-order valence-electron chi connectivity index (χ4n) is 2.46. The van der Waals surface area contributed by atoms with Crippen molar-refractivity contribution in [2.75, 3.05) is 25.4 Å². The lowest BCUT2D eigenvalue weighted by atomic mass is 10.2. The third-order valence-corrected chi connectivity index (χ3v) is 4.86. The zero-order valence-corrected chi connectivity index (χ0v) is 14.4. The molecule has 0 atom stereocenters. The monoisotopic (exact) mass is 335 g/mol. The van der Waals surface area contributed by atoms with Crippen molar-refractivity contribution in [2.45, 2.75) is 25.5 Å². The van der Waals surface area contributed by atoms with Crippen LogP contribution in [0.5, 0.6) is 0 Å². The van der Waals surface area contributed by atoms with E-state index in [1.165, 1.54) is 16.7 Å². The number of hydrogen-bond acceptors (Lipinski definition) is 4. The number of thioether (sulfide) groups is 1. The summed E-state index contributed by atoms with van der Waals surface area (Å²) < 4.78 is 1.67. The molecule has 3 N–H and O–H groups in total. The van der Waals surface area contributed by atoms with Crippen LogP contribution in [0.1, 0.15) is 13.8 Å². The van der Waals surface area contributed by atoms with Crippen LogP contribution in [0.2, 0.25) is 0 Å². The first kappa shape index (κ1) is 17.5. The minimum Gasteiger partial charge on any atom is -0.369 e.